The highest BCUT2D eigenvalue weighted by Crippen LogP contribution is 2.32. The molecule has 7 heteroatoms. The molecule has 1 aliphatic heterocycles. The van der Waals surface area contributed by atoms with Gasteiger partial charge in [0.15, 0.2) is 11.5 Å². The number of rotatable bonds is 5. The van der Waals surface area contributed by atoms with Crippen molar-refractivity contribution >= 4 is 22.8 Å². The summed E-state index contributed by atoms with van der Waals surface area (Å²) in [7, 11) is 0. The molecule has 4 N–H and O–H groups in total. The van der Waals surface area contributed by atoms with Gasteiger partial charge in [0.2, 0.25) is 0 Å². The first-order valence-corrected chi connectivity index (χ1v) is 7.33. The molecule has 0 bridgehead atoms. The third kappa shape index (κ3) is 2.43. The predicted octanol–water partition coefficient (Wildman–Crippen LogP) is 0.685. The average Bonchev–Trinajstić information content (AvgIpc) is 3.10. The van der Waals surface area contributed by atoms with Gasteiger partial charge in [0.25, 0.3) is 0 Å². The van der Waals surface area contributed by atoms with Crippen LogP contribution in [-0.4, -0.2) is 47.4 Å². The standard InChI is InChI=1S/C14H22N4O3/c1-10(20)17(6-7-19)18-11-8-13(15)21-12(11)9-14(18)16-4-2-3-5-16/h8-10,19-20H,2-7,15H2,1H3. The summed E-state index contributed by atoms with van der Waals surface area (Å²) in [5, 5.41) is 21.1. The molecular weight excluding hydrogens is 272 g/mol. The Morgan fingerprint density at radius 2 is 2.10 bits per heavy atom. The minimum atomic E-state index is -0.731. The fourth-order valence-corrected chi connectivity index (χ4v) is 2.98. The van der Waals surface area contributed by atoms with Crippen molar-refractivity contribution in [3.63, 3.8) is 0 Å². The third-order valence-electron chi connectivity index (χ3n) is 3.91. The second-order valence-corrected chi connectivity index (χ2v) is 5.43. The molecule has 0 radical (unpaired) electrons. The van der Waals surface area contributed by atoms with Crippen molar-refractivity contribution in [2.75, 3.05) is 41.9 Å². The summed E-state index contributed by atoms with van der Waals surface area (Å²) in [5.74, 6) is 1.31. The van der Waals surface area contributed by atoms with Crippen LogP contribution in [0.4, 0.5) is 11.7 Å². The molecule has 0 amide bonds. The van der Waals surface area contributed by atoms with Crippen LogP contribution in [0.25, 0.3) is 11.1 Å². The molecule has 116 valence electrons. The number of nitrogens with two attached hydrogens (primary N) is 1. The first-order chi connectivity index (χ1) is 10.1. The molecule has 0 saturated carbocycles. The molecule has 0 aromatic carbocycles. The molecule has 3 rings (SSSR count). The minimum Gasteiger partial charge on any atom is -0.439 e. The van der Waals surface area contributed by atoms with Crippen LogP contribution in [0.1, 0.15) is 19.8 Å². The quantitative estimate of drug-likeness (QED) is 0.703. The minimum absolute atomic E-state index is 0.0443. The van der Waals surface area contributed by atoms with E-state index in [1.807, 2.05) is 10.7 Å². The maximum absolute atomic E-state index is 10.1. The van der Waals surface area contributed by atoms with Crippen LogP contribution in [0.5, 0.6) is 0 Å². The lowest BCUT2D eigenvalue weighted by atomic mass is 10.4. The maximum Gasteiger partial charge on any atom is 0.193 e. The number of nitrogens with zero attached hydrogens (tertiary/aromatic N) is 3. The molecule has 1 fully saturated rings. The van der Waals surface area contributed by atoms with Gasteiger partial charge in [-0.2, -0.15) is 0 Å². The number of hydrogen-bond donors (Lipinski definition) is 3. The summed E-state index contributed by atoms with van der Waals surface area (Å²) < 4.78 is 7.42. The lowest BCUT2D eigenvalue weighted by Crippen LogP contribution is -2.45. The molecule has 0 aliphatic carbocycles. The first kappa shape index (κ1) is 14.1. The fourth-order valence-electron chi connectivity index (χ4n) is 2.98. The van der Waals surface area contributed by atoms with Gasteiger partial charge in [-0.1, -0.05) is 0 Å². The Labute approximate surface area is 123 Å². The van der Waals surface area contributed by atoms with E-state index in [4.69, 9.17) is 10.2 Å². The molecule has 7 nitrogen and oxygen atoms in total. The SMILES string of the molecule is CC(O)N(CCO)n1c(N2CCCC2)cc2oc(N)cc21. The number of furan rings is 1. The third-order valence-corrected chi connectivity index (χ3v) is 3.91. The molecule has 0 spiro atoms. The van der Waals surface area contributed by atoms with Gasteiger partial charge in [-0.25, -0.2) is 4.68 Å². The molecule has 1 unspecified atom stereocenters. The van der Waals surface area contributed by atoms with Gasteiger partial charge in [-0.3, -0.25) is 5.01 Å². The van der Waals surface area contributed by atoms with Crippen LogP contribution in [-0.2, 0) is 0 Å². The number of fused-ring (bicyclic) bond motifs is 1. The topological polar surface area (TPSA) is 91.0 Å². The van der Waals surface area contributed by atoms with Gasteiger partial charge in [0, 0.05) is 25.2 Å². The number of aliphatic hydroxyl groups excluding tert-OH is 2. The molecule has 3 heterocycles. The zero-order valence-corrected chi connectivity index (χ0v) is 12.2. The molecular formula is C14H22N4O3. The molecule has 1 saturated heterocycles. The van der Waals surface area contributed by atoms with Crippen molar-refractivity contribution in [2.24, 2.45) is 0 Å². The Morgan fingerprint density at radius 3 is 2.71 bits per heavy atom. The van der Waals surface area contributed by atoms with Crippen molar-refractivity contribution in [1.82, 2.24) is 4.68 Å². The maximum atomic E-state index is 10.1. The van der Waals surface area contributed by atoms with Crippen molar-refractivity contribution in [1.29, 1.82) is 0 Å². The molecule has 21 heavy (non-hydrogen) atoms. The molecule has 2 aromatic heterocycles. The summed E-state index contributed by atoms with van der Waals surface area (Å²) in [6.07, 6.45) is 1.58. The van der Waals surface area contributed by atoms with Crippen molar-refractivity contribution in [3.05, 3.63) is 12.1 Å². The highest BCUT2D eigenvalue weighted by Gasteiger charge is 2.25. The monoisotopic (exact) mass is 294 g/mol. The van der Waals surface area contributed by atoms with Crippen LogP contribution < -0.4 is 15.6 Å². The summed E-state index contributed by atoms with van der Waals surface area (Å²) in [5.41, 5.74) is 7.24. The van der Waals surface area contributed by atoms with Gasteiger partial charge in [-0.15, -0.1) is 0 Å². The van der Waals surface area contributed by atoms with Crippen molar-refractivity contribution < 1.29 is 14.6 Å². The van der Waals surface area contributed by atoms with Crippen molar-refractivity contribution in [2.45, 2.75) is 26.0 Å². The summed E-state index contributed by atoms with van der Waals surface area (Å²) in [6.45, 7) is 3.92. The highest BCUT2D eigenvalue weighted by molar-refractivity contribution is 5.83. The average molecular weight is 294 g/mol. The lowest BCUT2D eigenvalue weighted by Gasteiger charge is -2.32. The number of anilines is 2. The van der Waals surface area contributed by atoms with E-state index < -0.39 is 6.23 Å². The van der Waals surface area contributed by atoms with E-state index in [-0.39, 0.29) is 6.61 Å². The Hall–Kier alpha value is -1.86. The van der Waals surface area contributed by atoms with Gasteiger partial charge >= 0.3 is 0 Å². The number of aliphatic hydroxyl groups is 2. The van der Waals surface area contributed by atoms with Crippen LogP contribution in [0.2, 0.25) is 0 Å². The fraction of sp³-hybridized carbons (Fsp3) is 0.571. The Bertz CT molecular complexity index is 613. The zero-order chi connectivity index (χ0) is 15.0. The second kappa shape index (κ2) is 5.50. The van der Waals surface area contributed by atoms with Crippen LogP contribution in [0.15, 0.2) is 16.5 Å². The summed E-state index contributed by atoms with van der Waals surface area (Å²) in [4.78, 5) is 2.26. The molecule has 1 aliphatic rings. The van der Waals surface area contributed by atoms with E-state index in [0.29, 0.717) is 18.0 Å². The predicted molar refractivity (Wildman–Crippen MR) is 81.9 cm³/mol. The summed E-state index contributed by atoms with van der Waals surface area (Å²) in [6, 6.07) is 3.70. The van der Waals surface area contributed by atoms with Gasteiger partial charge in [-0.05, 0) is 19.8 Å². The van der Waals surface area contributed by atoms with E-state index in [0.717, 1.165) is 37.3 Å². The Balaban J connectivity index is 2.12. The molecule has 1 atom stereocenters. The second-order valence-electron chi connectivity index (χ2n) is 5.43. The van der Waals surface area contributed by atoms with Crippen molar-refractivity contribution in [3.8, 4) is 0 Å². The van der Waals surface area contributed by atoms with E-state index in [1.165, 1.54) is 0 Å². The first-order valence-electron chi connectivity index (χ1n) is 7.33. The van der Waals surface area contributed by atoms with Crippen LogP contribution in [0.3, 0.4) is 0 Å². The largest absolute Gasteiger partial charge is 0.439 e. The summed E-state index contributed by atoms with van der Waals surface area (Å²) >= 11 is 0. The Kier molecular flexibility index (Phi) is 3.69. The molecule has 2 aromatic rings. The van der Waals surface area contributed by atoms with E-state index >= 15 is 0 Å². The normalized spacial score (nSPS) is 16.8. The van der Waals surface area contributed by atoms with E-state index in [1.54, 1.807) is 18.0 Å². The highest BCUT2D eigenvalue weighted by atomic mass is 16.3. The van der Waals surface area contributed by atoms with Crippen LogP contribution in [0, 0.1) is 0 Å². The number of hydrogen-bond acceptors (Lipinski definition) is 6. The zero-order valence-electron chi connectivity index (χ0n) is 12.2. The van der Waals surface area contributed by atoms with E-state index in [9.17, 15) is 10.2 Å². The number of aromatic nitrogens is 1. The van der Waals surface area contributed by atoms with Gasteiger partial charge < -0.3 is 25.3 Å². The van der Waals surface area contributed by atoms with Crippen LogP contribution >= 0.6 is 0 Å². The Morgan fingerprint density at radius 1 is 1.38 bits per heavy atom. The van der Waals surface area contributed by atoms with Gasteiger partial charge in [0.05, 0.1) is 13.2 Å². The van der Waals surface area contributed by atoms with Gasteiger partial charge in [0.1, 0.15) is 17.6 Å². The lowest BCUT2D eigenvalue weighted by molar-refractivity contribution is 0.150. The number of nitrogen functional groups attached to an aromatic ring is 1. The smallest absolute Gasteiger partial charge is 0.193 e. The van der Waals surface area contributed by atoms with E-state index in [2.05, 4.69) is 4.90 Å².